The van der Waals surface area contributed by atoms with Crippen molar-refractivity contribution in [2.24, 2.45) is 0 Å². The molecule has 1 fully saturated rings. The van der Waals surface area contributed by atoms with Crippen LogP contribution in [0, 0.1) is 0 Å². The molecule has 1 N–H and O–H groups in total. The van der Waals surface area contributed by atoms with E-state index in [0.29, 0.717) is 6.54 Å². The van der Waals surface area contributed by atoms with Gasteiger partial charge in [0.25, 0.3) is 0 Å². The second kappa shape index (κ2) is 2.79. The molecule has 0 aliphatic carbocycles. The van der Waals surface area contributed by atoms with Crippen molar-refractivity contribution >= 4 is 12.2 Å². The highest BCUT2D eigenvalue weighted by atomic mass is 16.2. The van der Waals surface area contributed by atoms with E-state index in [2.05, 4.69) is 5.32 Å². The highest BCUT2D eigenvalue weighted by Gasteiger charge is 2.38. The van der Waals surface area contributed by atoms with Gasteiger partial charge in [-0.15, -0.1) is 0 Å². The normalized spacial score (nSPS) is 29.3. The molecule has 0 aromatic carbocycles. The van der Waals surface area contributed by atoms with Crippen LogP contribution in [-0.4, -0.2) is 43.3 Å². The van der Waals surface area contributed by atoms with E-state index < -0.39 is 0 Å². The molecule has 1 heterocycles. The summed E-state index contributed by atoms with van der Waals surface area (Å²) in [5.74, 6) is 0.00171. The lowest BCUT2D eigenvalue weighted by molar-refractivity contribution is -0.120. The molecule has 1 rings (SSSR count). The van der Waals surface area contributed by atoms with Gasteiger partial charge in [-0.25, -0.2) is 0 Å². The summed E-state index contributed by atoms with van der Waals surface area (Å²) in [4.78, 5) is 22.5. The summed E-state index contributed by atoms with van der Waals surface area (Å²) < 4.78 is 0. The van der Waals surface area contributed by atoms with Gasteiger partial charge in [0, 0.05) is 13.6 Å². The van der Waals surface area contributed by atoms with E-state index in [1.54, 1.807) is 11.9 Å². The van der Waals surface area contributed by atoms with Crippen molar-refractivity contribution in [1.29, 1.82) is 0 Å². The van der Waals surface area contributed by atoms with Crippen molar-refractivity contribution in [3.8, 4) is 0 Å². The zero-order valence-corrected chi connectivity index (χ0v) is 5.83. The van der Waals surface area contributed by atoms with Gasteiger partial charge < -0.3 is 10.1 Å². The summed E-state index contributed by atoms with van der Waals surface area (Å²) in [6.07, 6.45) is 0.808. The highest BCUT2D eigenvalue weighted by molar-refractivity contribution is 5.84. The van der Waals surface area contributed by atoms with Crippen LogP contribution in [0.15, 0.2) is 0 Å². The predicted molar refractivity (Wildman–Crippen MR) is 35.5 cm³/mol. The van der Waals surface area contributed by atoms with Gasteiger partial charge in [-0.3, -0.25) is 9.69 Å². The Hall–Kier alpha value is -0.900. The van der Waals surface area contributed by atoms with Crippen molar-refractivity contribution in [2.45, 2.75) is 6.04 Å². The monoisotopic (exact) mass is 142 g/mol. The average Bonchev–Trinajstić information content (AvgIpc) is 2.67. The van der Waals surface area contributed by atoms with Crippen LogP contribution in [0.4, 0.5) is 0 Å². The summed E-state index contributed by atoms with van der Waals surface area (Å²) in [5, 5.41) is 2.52. The van der Waals surface area contributed by atoms with Gasteiger partial charge in [0.2, 0.25) is 5.91 Å². The molecule has 1 aliphatic heterocycles. The summed E-state index contributed by atoms with van der Waals surface area (Å²) in [7, 11) is 1.60. The number of amides is 1. The molecule has 4 heteroatoms. The molecule has 1 saturated heterocycles. The minimum atomic E-state index is -0.0461. The molecule has 1 amide bonds. The standard InChI is InChI=1S/C6H10N2O2/c1-7-6(10)5-4-8(5)2-3-9/h3,5H,2,4H2,1H3,(H,7,10). The summed E-state index contributed by atoms with van der Waals surface area (Å²) in [6.45, 7) is 1.09. The highest BCUT2D eigenvalue weighted by Crippen LogP contribution is 2.14. The van der Waals surface area contributed by atoms with Gasteiger partial charge in [0.05, 0.1) is 6.54 Å². The van der Waals surface area contributed by atoms with Crippen LogP contribution in [-0.2, 0) is 9.59 Å². The number of carbonyl (C=O) groups is 2. The van der Waals surface area contributed by atoms with Crippen LogP contribution < -0.4 is 5.32 Å². The lowest BCUT2D eigenvalue weighted by Crippen LogP contribution is -2.26. The molecular weight excluding hydrogens is 132 g/mol. The number of aldehydes is 1. The minimum absolute atomic E-state index is 0.00171. The van der Waals surface area contributed by atoms with Crippen molar-refractivity contribution in [1.82, 2.24) is 10.2 Å². The zero-order chi connectivity index (χ0) is 7.56. The number of hydrogen-bond acceptors (Lipinski definition) is 3. The average molecular weight is 142 g/mol. The molecule has 1 aliphatic rings. The van der Waals surface area contributed by atoms with E-state index >= 15 is 0 Å². The van der Waals surface area contributed by atoms with Crippen LogP contribution in [0.3, 0.4) is 0 Å². The zero-order valence-electron chi connectivity index (χ0n) is 5.83. The molecule has 0 aromatic rings. The first kappa shape index (κ1) is 7.21. The van der Waals surface area contributed by atoms with Crippen LogP contribution >= 0.6 is 0 Å². The van der Waals surface area contributed by atoms with E-state index in [1.807, 2.05) is 0 Å². The number of hydrogen-bond donors (Lipinski definition) is 1. The van der Waals surface area contributed by atoms with Crippen molar-refractivity contribution in [3.05, 3.63) is 0 Å². The Balaban J connectivity index is 2.24. The molecule has 0 spiro atoms. The largest absolute Gasteiger partial charge is 0.358 e. The Kier molecular flexibility index (Phi) is 2.01. The first-order valence-electron chi connectivity index (χ1n) is 3.19. The van der Waals surface area contributed by atoms with E-state index in [4.69, 9.17) is 0 Å². The predicted octanol–water partition coefficient (Wildman–Crippen LogP) is -1.38. The molecular formula is C6H10N2O2. The van der Waals surface area contributed by atoms with Gasteiger partial charge >= 0.3 is 0 Å². The number of likely N-dealkylation sites (N-methyl/N-ethyl adjacent to an activating group) is 1. The quantitative estimate of drug-likeness (QED) is 0.390. The second-order valence-electron chi connectivity index (χ2n) is 2.25. The molecule has 0 aromatic heterocycles. The Morgan fingerprint density at radius 1 is 1.90 bits per heavy atom. The molecule has 2 atom stereocenters. The maximum atomic E-state index is 10.8. The van der Waals surface area contributed by atoms with Crippen LogP contribution in [0.5, 0.6) is 0 Å². The maximum Gasteiger partial charge on any atom is 0.238 e. The maximum absolute atomic E-state index is 10.8. The minimum Gasteiger partial charge on any atom is -0.358 e. The Labute approximate surface area is 59.2 Å². The van der Waals surface area contributed by atoms with Crippen LogP contribution in [0.25, 0.3) is 0 Å². The van der Waals surface area contributed by atoms with Gasteiger partial charge in [0.15, 0.2) is 0 Å². The van der Waals surface area contributed by atoms with Crippen LogP contribution in [0.2, 0.25) is 0 Å². The molecule has 0 radical (unpaired) electrons. The Bertz CT molecular complexity index is 158. The van der Waals surface area contributed by atoms with Crippen molar-refractivity contribution in [3.63, 3.8) is 0 Å². The fraction of sp³-hybridized carbons (Fsp3) is 0.667. The van der Waals surface area contributed by atoms with Gasteiger partial charge in [-0.1, -0.05) is 0 Å². The Morgan fingerprint density at radius 3 is 3.10 bits per heavy atom. The van der Waals surface area contributed by atoms with E-state index in [-0.39, 0.29) is 11.9 Å². The van der Waals surface area contributed by atoms with E-state index in [0.717, 1.165) is 12.8 Å². The topological polar surface area (TPSA) is 49.2 Å². The number of carbonyl (C=O) groups excluding carboxylic acids is 2. The van der Waals surface area contributed by atoms with Crippen molar-refractivity contribution < 1.29 is 9.59 Å². The SMILES string of the molecule is CNC(=O)C1CN1CC=O. The summed E-state index contributed by atoms with van der Waals surface area (Å²) in [5.41, 5.74) is 0. The number of nitrogens with one attached hydrogen (secondary N) is 1. The summed E-state index contributed by atoms with van der Waals surface area (Å²) >= 11 is 0. The molecule has 56 valence electrons. The third-order valence-corrected chi connectivity index (χ3v) is 1.57. The molecule has 0 bridgehead atoms. The molecule has 2 unspecified atom stereocenters. The van der Waals surface area contributed by atoms with Gasteiger partial charge in [-0.2, -0.15) is 0 Å². The van der Waals surface area contributed by atoms with E-state index in [9.17, 15) is 9.59 Å². The first-order valence-corrected chi connectivity index (χ1v) is 3.19. The molecule has 10 heavy (non-hydrogen) atoms. The van der Waals surface area contributed by atoms with Gasteiger partial charge in [0.1, 0.15) is 12.3 Å². The molecule has 4 nitrogen and oxygen atoms in total. The fourth-order valence-electron chi connectivity index (χ4n) is 0.888. The van der Waals surface area contributed by atoms with Crippen molar-refractivity contribution in [2.75, 3.05) is 20.1 Å². The third-order valence-electron chi connectivity index (χ3n) is 1.57. The molecule has 0 saturated carbocycles. The number of nitrogens with zero attached hydrogens (tertiary/aromatic N) is 1. The lowest BCUT2D eigenvalue weighted by Gasteiger charge is -1.95. The number of rotatable bonds is 3. The van der Waals surface area contributed by atoms with Gasteiger partial charge in [-0.05, 0) is 0 Å². The third kappa shape index (κ3) is 1.33. The summed E-state index contributed by atoms with van der Waals surface area (Å²) in [6, 6.07) is -0.0461. The van der Waals surface area contributed by atoms with Crippen LogP contribution in [0.1, 0.15) is 0 Å². The first-order chi connectivity index (χ1) is 4.79. The van der Waals surface area contributed by atoms with E-state index in [1.165, 1.54) is 0 Å². The smallest absolute Gasteiger partial charge is 0.238 e. The second-order valence-corrected chi connectivity index (χ2v) is 2.25. The Morgan fingerprint density at radius 2 is 2.60 bits per heavy atom. The fourth-order valence-corrected chi connectivity index (χ4v) is 0.888. The lowest BCUT2D eigenvalue weighted by atomic mass is 10.4.